The van der Waals surface area contributed by atoms with Crippen molar-refractivity contribution in [2.45, 2.75) is 32.2 Å². The molecule has 4 amide bonds. The third kappa shape index (κ3) is 3.94. The molecule has 7 nitrogen and oxygen atoms in total. The van der Waals surface area contributed by atoms with Gasteiger partial charge < -0.3 is 15.4 Å². The number of amides is 4. The number of carbonyl (C=O) groups excluding carboxylic acids is 3. The van der Waals surface area contributed by atoms with Crippen molar-refractivity contribution >= 4 is 23.5 Å². The number of benzene rings is 2. The van der Waals surface area contributed by atoms with Gasteiger partial charge in [0.25, 0.3) is 5.91 Å². The Morgan fingerprint density at radius 3 is 2.41 bits per heavy atom. The van der Waals surface area contributed by atoms with E-state index in [0.29, 0.717) is 17.0 Å². The van der Waals surface area contributed by atoms with E-state index >= 15 is 0 Å². The predicted octanol–water partition coefficient (Wildman–Crippen LogP) is 3.22. The van der Waals surface area contributed by atoms with Gasteiger partial charge in [0.2, 0.25) is 5.91 Å². The molecule has 0 aliphatic carbocycles. The van der Waals surface area contributed by atoms with Crippen LogP contribution in [0.1, 0.15) is 37.8 Å². The molecular formula is C22H25N3O4. The van der Waals surface area contributed by atoms with Crippen molar-refractivity contribution in [1.29, 1.82) is 0 Å². The first kappa shape index (κ1) is 20.4. The van der Waals surface area contributed by atoms with Crippen molar-refractivity contribution in [3.05, 3.63) is 59.7 Å². The van der Waals surface area contributed by atoms with E-state index in [4.69, 9.17) is 4.74 Å². The van der Waals surface area contributed by atoms with Crippen LogP contribution in [-0.2, 0) is 15.1 Å². The lowest BCUT2D eigenvalue weighted by Gasteiger charge is -2.22. The van der Waals surface area contributed by atoms with Crippen molar-refractivity contribution in [3.63, 3.8) is 0 Å². The van der Waals surface area contributed by atoms with Crippen LogP contribution in [0.3, 0.4) is 0 Å². The van der Waals surface area contributed by atoms with Crippen molar-refractivity contribution in [2.24, 2.45) is 0 Å². The van der Waals surface area contributed by atoms with Crippen molar-refractivity contribution < 1.29 is 19.1 Å². The minimum absolute atomic E-state index is 0.224. The van der Waals surface area contributed by atoms with Gasteiger partial charge in [-0.25, -0.2) is 4.79 Å². The first-order valence-corrected chi connectivity index (χ1v) is 9.43. The average molecular weight is 395 g/mol. The molecule has 1 aliphatic heterocycles. The molecule has 152 valence electrons. The van der Waals surface area contributed by atoms with E-state index in [1.807, 2.05) is 32.0 Å². The van der Waals surface area contributed by atoms with E-state index in [0.717, 1.165) is 10.5 Å². The van der Waals surface area contributed by atoms with Crippen LogP contribution in [0.15, 0.2) is 48.5 Å². The maximum atomic E-state index is 13.0. The van der Waals surface area contributed by atoms with Crippen molar-refractivity contribution in [3.8, 4) is 5.75 Å². The molecule has 3 rings (SSSR count). The molecular weight excluding hydrogens is 370 g/mol. The lowest BCUT2D eigenvalue weighted by atomic mass is 9.92. The summed E-state index contributed by atoms with van der Waals surface area (Å²) in [7, 11) is 1.55. The third-order valence-electron chi connectivity index (χ3n) is 5.10. The first-order valence-electron chi connectivity index (χ1n) is 9.43. The summed E-state index contributed by atoms with van der Waals surface area (Å²) in [5, 5.41) is 5.51. The van der Waals surface area contributed by atoms with Crippen LogP contribution in [0.2, 0.25) is 0 Å². The Hall–Kier alpha value is -3.35. The Balaban J connectivity index is 1.75. The van der Waals surface area contributed by atoms with Crippen molar-refractivity contribution in [1.82, 2.24) is 10.2 Å². The molecule has 0 saturated carbocycles. The van der Waals surface area contributed by atoms with Crippen LogP contribution in [0, 0.1) is 0 Å². The molecule has 0 spiro atoms. The van der Waals surface area contributed by atoms with E-state index in [-0.39, 0.29) is 12.5 Å². The summed E-state index contributed by atoms with van der Waals surface area (Å²) >= 11 is 0. The molecule has 1 fully saturated rings. The standard InChI is InChI=1S/C22H25N3O4/c1-14(2)17-7-5-6-8-18(17)23-19(26)13-25-20(27)22(3,24-21(25)28)15-9-11-16(29-4)12-10-15/h5-12,14H,13H2,1-4H3,(H,23,26)(H,24,28). The van der Waals surface area contributed by atoms with Gasteiger partial charge in [-0.2, -0.15) is 0 Å². The Labute approximate surface area is 170 Å². The zero-order valence-corrected chi connectivity index (χ0v) is 17.0. The largest absolute Gasteiger partial charge is 0.497 e. The average Bonchev–Trinajstić information content (AvgIpc) is 2.92. The molecule has 1 heterocycles. The molecule has 1 saturated heterocycles. The highest BCUT2D eigenvalue weighted by molar-refractivity contribution is 6.10. The minimum Gasteiger partial charge on any atom is -0.497 e. The summed E-state index contributed by atoms with van der Waals surface area (Å²) in [6, 6.07) is 13.8. The summed E-state index contributed by atoms with van der Waals surface area (Å²) in [6.45, 7) is 5.33. The molecule has 1 unspecified atom stereocenters. The lowest BCUT2D eigenvalue weighted by Crippen LogP contribution is -2.42. The highest BCUT2D eigenvalue weighted by Gasteiger charge is 2.49. The second kappa shape index (κ2) is 7.95. The van der Waals surface area contributed by atoms with Crippen LogP contribution in [0.5, 0.6) is 5.75 Å². The Morgan fingerprint density at radius 2 is 1.79 bits per heavy atom. The number of methoxy groups -OCH3 is 1. The normalized spacial score (nSPS) is 18.7. The molecule has 2 aromatic carbocycles. The molecule has 7 heteroatoms. The van der Waals surface area contributed by atoms with Gasteiger partial charge in [0.1, 0.15) is 17.8 Å². The molecule has 1 aliphatic rings. The fourth-order valence-electron chi connectivity index (χ4n) is 3.41. The maximum absolute atomic E-state index is 13.0. The first-order chi connectivity index (χ1) is 13.8. The fourth-order valence-corrected chi connectivity index (χ4v) is 3.41. The second-order valence-corrected chi connectivity index (χ2v) is 7.47. The summed E-state index contributed by atoms with van der Waals surface area (Å²) < 4.78 is 5.13. The van der Waals surface area contributed by atoms with E-state index in [9.17, 15) is 14.4 Å². The SMILES string of the molecule is COc1ccc(C2(C)NC(=O)N(CC(=O)Nc3ccccc3C(C)C)C2=O)cc1. The summed E-state index contributed by atoms with van der Waals surface area (Å²) in [4.78, 5) is 38.9. The van der Waals surface area contributed by atoms with Crippen LogP contribution in [0.25, 0.3) is 0 Å². The predicted molar refractivity (Wildman–Crippen MR) is 110 cm³/mol. The Bertz CT molecular complexity index is 939. The molecule has 0 bridgehead atoms. The van der Waals surface area contributed by atoms with Gasteiger partial charge in [-0.15, -0.1) is 0 Å². The lowest BCUT2D eigenvalue weighted by molar-refractivity contribution is -0.133. The highest BCUT2D eigenvalue weighted by atomic mass is 16.5. The van der Waals surface area contributed by atoms with E-state index in [1.54, 1.807) is 44.4 Å². The molecule has 0 radical (unpaired) electrons. The summed E-state index contributed by atoms with van der Waals surface area (Å²) in [5.74, 6) is -0.0312. The molecule has 29 heavy (non-hydrogen) atoms. The van der Waals surface area contributed by atoms with Gasteiger partial charge in [-0.1, -0.05) is 44.2 Å². The number of imide groups is 1. The number of rotatable bonds is 6. The number of urea groups is 1. The number of carbonyl (C=O) groups is 3. The number of nitrogens with one attached hydrogen (secondary N) is 2. The molecule has 2 aromatic rings. The summed E-state index contributed by atoms with van der Waals surface area (Å²) in [5.41, 5.74) is 1.04. The quantitative estimate of drug-likeness (QED) is 0.735. The minimum atomic E-state index is -1.24. The zero-order valence-electron chi connectivity index (χ0n) is 17.0. The molecule has 1 atom stereocenters. The smallest absolute Gasteiger partial charge is 0.325 e. The maximum Gasteiger partial charge on any atom is 0.325 e. The Morgan fingerprint density at radius 1 is 1.14 bits per heavy atom. The van der Waals surface area contributed by atoms with Gasteiger partial charge in [-0.05, 0) is 42.2 Å². The van der Waals surface area contributed by atoms with Gasteiger partial charge in [-0.3, -0.25) is 14.5 Å². The number of anilines is 1. The molecule has 0 aromatic heterocycles. The van der Waals surface area contributed by atoms with Crippen molar-refractivity contribution in [2.75, 3.05) is 19.0 Å². The molecule has 2 N–H and O–H groups in total. The summed E-state index contributed by atoms with van der Waals surface area (Å²) in [6.07, 6.45) is 0. The van der Waals surface area contributed by atoms with Crippen LogP contribution < -0.4 is 15.4 Å². The number of nitrogens with zero attached hydrogens (tertiary/aromatic N) is 1. The van der Waals surface area contributed by atoms with Gasteiger partial charge in [0.05, 0.1) is 7.11 Å². The van der Waals surface area contributed by atoms with Gasteiger partial charge in [0, 0.05) is 5.69 Å². The third-order valence-corrected chi connectivity index (χ3v) is 5.10. The monoisotopic (exact) mass is 395 g/mol. The van der Waals surface area contributed by atoms with Crippen LogP contribution in [-0.4, -0.2) is 36.4 Å². The Kier molecular flexibility index (Phi) is 5.59. The number of hydrogen-bond acceptors (Lipinski definition) is 4. The number of hydrogen-bond donors (Lipinski definition) is 2. The van der Waals surface area contributed by atoms with Crippen LogP contribution >= 0.6 is 0 Å². The van der Waals surface area contributed by atoms with E-state index < -0.39 is 23.4 Å². The second-order valence-electron chi connectivity index (χ2n) is 7.47. The number of ether oxygens (including phenoxy) is 1. The highest BCUT2D eigenvalue weighted by Crippen LogP contribution is 2.30. The van der Waals surface area contributed by atoms with E-state index in [1.165, 1.54) is 0 Å². The number of para-hydroxylation sites is 1. The van der Waals surface area contributed by atoms with Gasteiger partial charge in [0.15, 0.2) is 0 Å². The van der Waals surface area contributed by atoms with E-state index in [2.05, 4.69) is 10.6 Å². The fraction of sp³-hybridized carbons (Fsp3) is 0.318. The topological polar surface area (TPSA) is 87.7 Å². The van der Waals surface area contributed by atoms with Crippen LogP contribution in [0.4, 0.5) is 10.5 Å². The zero-order chi connectivity index (χ0) is 21.2. The van der Waals surface area contributed by atoms with Gasteiger partial charge >= 0.3 is 6.03 Å².